The zero-order valence-corrected chi connectivity index (χ0v) is 14.4. The Bertz CT molecular complexity index is 542. The fourth-order valence-corrected chi connectivity index (χ4v) is 1.70. The van der Waals surface area contributed by atoms with Crippen LogP contribution in [0.5, 0.6) is 0 Å². The van der Waals surface area contributed by atoms with E-state index in [9.17, 15) is 19.8 Å². The third-order valence-electron chi connectivity index (χ3n) is 2.16. The Labute approximate surface area is 148 Å². The van der Waals surface area contributed by atoms with E-state index in [2.05, 4.69) is 31.9 Å². The van der Waals surface area contributed by atoms with Crippen LogP contribution in [-0.4, -0.2) is 11.9 Å². The maximum absolute atomic E-state index is 10.2. The molecule has 0 aliphatic heterocycles. The summed E-state index contributed by atoms with van der Waals surface area (Å²) in [6.45, 7) is 0. The van der Waals surface area contributed by atoms with Crippen molar-refractivity contribution in [3.8, 4) is 0 Å². The predicted octanol–water partition coefficient (Wildman–Crippen LogP) is 1.62. The Hall–Kier alpha value is -1.14. The molecule has 0 aliphatic rings. The van der Waals surface area contributed by atoms with Crippen molar-refractivity contribution in [3.05, 3.63) is 68.6 Å². The first-order valence-electron chi connectivity index (χ1n) is 5.34. The van der Waals surface area contributed by atoms with Gasteiger partial charge in [-0.2, -0.15) is 0 Å². The summed E-state index contributed by atoms with van der Waals surface area (Å²) in [6, 6.07) is 12.6. The summed E-state index contributed by atoms with van der Waals surface area (Å²) in [5.41, 5.74) is 0.395. The van der Waals surface area contributed by atoms with Gasteiger partial charge in [-0.3, -0.25) is 0 Å². The third-order valence-corrected chi connectivity index (χ3v) is 3.22. The number of halogens is 2. The van der Waals surface area contributed by atoms with Crippen LogP contribution in [0.1, 0.15) is 20.7 Å². The molecule has 0 amide bonds. The molecule has 1 radical (unpaired) electrons. The molecule has 2 aromatic rings. The molecule has 0 unspecified atom stereocenters. The Morgan fingerprint density at radius 1 is 0.667 bits per heavy atom. The first-order valence-corrected chi connectivity index (χ1v) is 6.92. The standard InChI is InChI=1S/2C7H5BrO2.Cu/c2*8-6-3-1-5(2-4-6)7(9)10;/h2*1-4H,(H,9,10);/q;;+2/p-2. The van der Waals surface area contributed by atoms with Gasteiger partial charge in [0, 0.05) is 8.95 Å². The molecule has 4 nitrogen and oxygen atoms in total. The summed E-state index contributed by atoms with van der Waals surface area (Å²) in [5, 5.41) is 20.4. The van der Waals surface area contributed by atoms with Crippen LogP contribution >= 0.6 is 31.9 Å². The van der Waals surface area contributed by atoms with Gasteiger partial charge in [-0.05, 0) is 35.4 Å². The van der Waals surface area contributed by atoms with Crippen LogP contribution in [0.4, 0.5) is 0 Å². The number of carbonyl (C=O) groups excluding carboxylic acids is 2. The van der Waals surface area contributed by atoms with Crippen molar-refractivity contribution in [2.24, 2.45) is 0 Å². The Morgan fingerprint density at radius 3 is 1.10 bits per heavy atom. The monoisotopic (exact) mass is 461 g/mol. The van der Waals surface area contributed by atoms with E-state index in [4.69, 9.17) is 0 Å². The molecule has 7 heteroatoms. The van der Waals surface area contributed by atoms with Crippen molar-refractivity contribution in [2.45, 2.75) is 0 Å². The van der Waals surface area contributed by atoms with Crippen molar-refractivity contribution in [1.29, 1.82) is 0 Å². The Balaban J connectivity index is 0.000000364. The molecule has 0 heterocycles. The number of hydrogen-bond acceptors (Lipinski definition) is 4. The zero-order valence-electron chi connectivity index (χ0n) is 10.3. The normalized spacial score (nSPS) is 8.86. The van der Waals surface area contributed by atoms with Gasteiger partial charge in [0.2, 0.25) is 0 Å². The fraction of sp³-hybridized carbons (Fsp3) is 0. The number of carboxylic acids is 2. The second kappa shape index (κ2) is 9.73. The molecule has 2 aromatic carbocycles. The van der Waals surface area contributed by atoms with Crippen molar-refractivity contribution < 1.29 is 36.9 Å². The summed E-state index contributed by atoms with van der Waals surface area (Å²) >= 11 is 6.36. The Morgan fingerprint density at radius 2 is 0.905 bits per heavy atom. The van der Waals surface area contributed by atoms with Crippen LogP contribution in [0.15, 0.2) is 57.5 Å². The Kier molecular flexibility index (Phi) is 9.21. The van der Waals surface area contributed by atoms with Gasteiger partial charge in [0.15, 0.2) is 0 Å². The average molecular weight is 464 g/mol. The first-order chi connectivity index (χ1) is 9.40. The largest absolute Gasteiger partial charge is 2.00 e. The van der Waals surface area contributed by atoms with Gasteiger partial charge in [0.25, 0.3) is 0 Å². The molecular weight excluding hydrogens is 456 g/mol. The van der Waals surface area contributed by atoms with Crippen LogP contribution in [-0.2, 0) is 17.1 Å². The summed E-state index contributed by atoms with van der Waals surface area (Å²) < 4.78 is 1.72. The first kappa shape index (κ1) is 19.9. The molecule has 0 atom stereocenters. The van der Waals surface area contributed by atoms with E-state index in [1.807, 2.05) is 0 Å². The molecule has 0 spiro atoms. The topological polar surface area (TPSA) is 80.3 Å². The maximum atomic E-state index is 10.2. The number of aromatic carboxylic acids is 2. The molecular formula is C14H8Br2CuO4. The molecule has 21 heavy (non-hydrogen) atoms. The number of benzene rings is 2. The number of carbonyl (C=O) groups is 2. The maximum Gasteiger partial charge on any atom is 2.00 e. The molecule has 0 bridgehead atoms. The van der Waals surface area contributed by atoms with Gasteiger partial charge in [0.05, 0.1) is 11.9 Å². The van der Waals surface area contributed by atoms with Gasteiger partial charge < -0.3 is 19.8 Å². The molecule has 0 aliphatic carbocycles. The molecule has 0 N–H and O–H groups in total. The van der Waals surface area contributed by atoms with E-state index in [-0.39, 0.29) is 28.2 Å². The van der Waals surface area contributed by atoms with Crippen LogP contribution < -0.4 is 10.2 Å². The second-order valence-electron chi connectivity index (χ2n) is 3.59. The van der Waals surface area contributed by atoms with E-state index in [0.29, 0.717) is 0 Å². The number of rotatable bonds is 2. The van der Waals surface area contributed by atoms with Crippen LogP contribution in [0.2, 0.25) is 0 Å². The predicted molar refractivity (Wildman–Crippen MR) is 76.9 cm³/mol. The minimum atomic E-state index is -1.15. The van der Waals surface area contributed by atoms with E-state index in [1.165, 1.54) is 24.3 Å². The number of hydrogen-bond donors (Lipinski definition) is 0. The molecule has 0 aromatic heterocycles. The van der Waals surface area contributed by atoms with Gasteiger partial charge in [-0.1, -0.05) is 56.1 Å². The molecule has 0 fully saturated rings. The van der Waals surface area contributed by atoms with Crippen molar-refractivity contribution >= 4 is 43.8 Å². The molecule has 0 saturated carbocycles. The van der Waals surface area contributed by atoms with E-state index in [1.54, 1.807) is 24.3 Å². The number of carboxylic acid groups (broad SMARTS) is 2. The van der Waals surface area contributed by atoms with E-state index >= 15 is 0 Å². The fourth-order valence-electron chi connectivity index (χ4n) is 1.17. The third kappa shape index (κ3) is 7.43. The minimum absolute atomic E-state index is 0. The molecule has 0 saturated heterocycles. The van der Waals surface area contributed by atoms with Crippen molar-refractivity contribution in [3.63, 3.8) is 0 Å². The summed E-state index contributed by atoms with van der Waals surface area (Å²) in [4.78, 5) is 20.4. The summed E-state index contributed by atoms with van der Waals surface area (Å²) in [7, 11) is 0. The SMILES string of the molecule is O=C([O-])c1ccc(Br)cc1.O=C([O-])c1ccc(Br)cc1.[Cu+2]. The van der Waals surface area contributed by atoms with Gasteiger partial charge in [0.1, 0.15) is 0 Å². The zero-order chi connectivity index (χ0) is 15.1. The molecule has 113 valence electrons. The van der Waals surface area contributed by atoms with Crippen molar-refractivity contribution in [1.82, 2.24) is 0 Å². The molecule has 2 rings (SSSR count). The van der Waals surface area contributed by atoms with E-state index < -0.39 is 11.9 Å². The van der Waals surface area contributed by atoms with E-state index in [0.717, 1.165) is 8.95 Å². The average Bonchev–Trinajstić information content (AvgIpc) is 2.40. The van der Waals surface area contributed by atoms with Crippen LogP contribution in [0.3, 0.4) is 0 Å². The van der Waals surface area contributed by atoms with Crippen LogP contribution in [0, 0.1) is 0 Å². The smallest absolute Gasteiger partial charge is 0.545 e. The van der Waals surface area contributed by atoms with Crippen LogP contribution in [0.25, 0.3) is 0 Å². The van der Waals surface area contributed by atoms with Gasteiger partial charge >= 0.3 is 17.1 Å². The summed E-state index contributed by atoms with van der Waals surface area (Å²) in [5.74, 6) is -2.29. The van der Waals surface area contributed by atoms with Gasteiger partial charge in [-0.15, -0.1) is 0 Å². The minimum Gasteiger partial charge on any atom is -0.545 e. The second-order valence-corrected chi connectivity index (χ2v) is 5.42. The quantitative estimate of drug-likeness (QED) is 0.634. The summed E-state index contributed by atoms with van der Waals surface area (Å²) in [6.07, 6.45) is 0. The van der Waals surface area contributed by atoms with Crippen molar-refractivity contribution in [2.75, 3.05) is 0 Å². The van der Waals surface area contributed by atoms with Gasteiger partial charge in [-0.25, -0.2) is 0 Å².